The Hall–Kier alpha value is -1.90. The van der Waals surface area contributed by atoms with Crippen LogP contribution in [0, 0.1) is 6.92 Å². The molecule has 17 heavy (non-hydrogen) atoms. The lowest BCUT2D eigenvalue weighted by Gasteiger charge is -2.03. The molecule has 0 unspecified atom stereocenters. The summed E-state index contributed by atoms with van der Waals surface area (Å²) in [6, 6.07) is 6.32. The van der Waals surface area contributed by atoms with E-state index < -0.39 is 0 Å². The summed E-state index contributed by atoms with van der Waals surface area (Å²) in [5.41, 5.74) is 4.52. The summed E-state index contributed by atoms with van der Waals surface area (Å²) in [5.74, 6) is 0. The summed E-state index contributed by atoms with van der Waals surface area (Å²) in [4.78, 5) is 4.47. The molecule has 2 aromatic rings. The van der Waals surface area contributed by atoms with Crippen molar-refractivity contribution in [3.05, 3.63) is 36.2 Å². The Morgan fingerprint density at radius 3 is 2.82 bits per heavy atom. The summed E-state index contributed by atoms with van der Waals surface area (Å²) in [6.45, 7) is 4.17. The van der Waals surface area contributed by atoms with Crippen LogP contribution >= 0.6 is 0 Å². The summed E-state index contributed by atoms with van der Waals surface area (Å²) < 4.78 is 1.81. The molecule has 0 bridgehead atoms. The molecular weight excluding hydrogens is 210 g/mol. The van der Waals surface area contributed by atoms with E-state index in [2.05, 4.69) is 42.1 Å². The maximum atomic E-state index is 4.47. The second-order valence-electron chi connectivity index (χ2n) is 4.12. The third kappa shape index (κ3) is 2.61. The molecule has 3 nitrogen and oxygen atoms in total. The quantitative estimate of drug-likeness (QED) is 0.738. The Morgan fingerprint density at radius 2 is 2.18 bits per heavy atom. The Balaban J connectivity index is 2.40. The van der Waals surface area contributed by atoms with E-state index in [9.17, 15) is 0 Å². The van der Waals surface area contributed by atoms with Gasteiger partial charge in [0.1, 0.15) is 0 Å². The van der Waals surface area contributed by atoms with Gasteiger partial charge in [-0.25, -0.2) is 0 Å². The van der Waals surface area contributed by atoms with E-state index >= 15 is 0 Å². The fraction of sp³-hybridized carbons (Fsp3) is 0.286. The molecule has 0 aliphatic heterocycles. The lowest BCUT2D eigenvalue weighted by atomic mass is 10.1. The first-order valence-electron chi connectivity index (χ1n) is 5.83. The van der Waals surface area contributed by atoms with Crippen LogP contribution in [0.2, 0.25) is 0 Å². The predicted molar refractivity (Wildman–Crippen MR) is 71.8 cm³/mol. The zero-order chi connectivity index (χ0) is 12.3. The van der Waals surface area contributed by atoms with Gasteiger partial charge in [0.2, 0.25) is 0 Å². The number of hydrogen-bond acceptors (Lipinski definition) is 2. The van der Waals surface area contributed by atoms with Gasteiger partial charge < -0.3 is 0 Å². The van der Waals surface area contributed by atoms with E-state index in [1.807, 2.05) is 30.3 Å². The molecular formula is C14H17N3. The van der Waals surface area contributed by atoms with E-state index in [-0.39, 0.29) is 0 Å². The smallest absolute Gasteiger partial charge is 0.0661 e. The lowest BCUT2D eigenvalue weighted by molar-refractivity contribution is 0.768. The topological polar surface area (TPSA) is 30.2 Å². The molecule has 0 saturated heterocycles. The standard InChI is InChI=1S/C14H17N3/c1-4-7-15-14-8-12(6-5-11(14)2)13-9-16-17(3)10-13/h5-10H,4H2,1-3H3/b15-7-. The summed E-state index contributed by atoms with van der Waals surface area (Å²) in [5, 5.41) is 4.19. The Morgan fingerprint density at radius 1 is 1.35 bits per heavy atom. The molecule has 1 aromatic heterocycles. The van der Waals surface area contributed by atoms with Gasteiger partial charge in [0.05, 0.1) is 11.9 Å². The van der Waals surface area contributed by atoms with Crippen LogP contribution in [0.15, 0.2) is 35.6 Å². The maximum absolute atomic E-state index is 4.47. The highest BCUT2D eigenvalue weighted by Crippen LogP contribution is 2.26. The second-order valence-corrected chi connectivity index (χ2v) is 4.12. The highest BCUT2D eigenvalue weighted by molar-refractivity contribution is 5.71. The number of aromatic nitrogens is 2. The van der Waals surface area contributed by atoms with Gasteiger partial charge in [-0.2, -0.15) is 5.10 Å². The summed E-state index contributed by atoms with van der Waals surface area (Å²) in [7, 11) is 1.92. The fourth-order valence-electron chi connectivity index (χ4n) is 1.69. The van der Waals surface area contributed by atoms with Crippen LogP contribution in [-0.2, 0) is 7.05 Å². The minimum Gasteiger partial charge on any atom is -0.275 e. The molecule has 0 fully saturated rings. The Bertz CT molecular complexity index is 538. The average Bonchev–Trinajstić information content (AvgIpc) is 2.75. The van der Waals surface area contributed by atoms with E-state index in [0.717, 1.165) is 23.2 Å². The van der Waals surface area contributed by atoms with Crippen molar-refractivity contribution in [1.82, 2.24) is 9.78 Å². The molecule has 0 N–H and O–H groups in total. The van der Waals surface area contributed by atoms with Gasteiger partial charge in [0.15, 0.2) is 0 Å². The van der Waals surface area contributed by atoms with Crippen molar-refractivity contribution in [2.24, 2.45) is 12.0 Å². The molecule has 0 radical (unpaired) electrons. The average molecular weight is 227 g/mol. The normalized spacial score (nSPS) is 11.2. The van der Waals surface area contributed by atoms with E-state index in [1.165, 1.54) is 5.56 Å². The maximum Gasteiger partial charge on any atom is 0.0661 e. The fourth-order valence-corrected chi connectivity index (χ4v) is 1.69. The zero-order valence-electron chi connectivity index (χ0n) is 10.5. The molecule has 1 heterocycles. The van der Waals surface area contributed by atoms with Crippen LogP contribution in [0.4, 0.5) is 5.69 Å². The van der Waals surface area contributed by atoms with Crippen molar-refractivity contribution in [3.8, 4) is 11.1 Å². The Kier molecular flexibility index (Phi) is 3.38. The zero-order valence-corrected chi connectivity index (χ0v) is 10.5. The summed E-state index contributed by atoms with van der Waals surface area (Å²) >= 11 is 0. The van der Waals surface area contributed by atoms with Crippen LogP contribution in [0.1, 0.15) is 18.9 Å². The molecule has 1 aromatic carbocycles. The predicted octanol–water partition coefficient (Wildman–Crippen LogP) is 3.51. The molecule has 0 aliphatic rings. The van der Waals surface area contributed by atoms with Crippen LogP contribution in [-0.4, -0.2) is 16.0 Å². The van der Waals surface area contributed by atoms with Gasteiger partial charge in [-0.3, -0.25) is 9.67 Å². The van der Waals surface area contributed by atoms with Gasteiger partial charge in [-0.1, -0.05) is 19.1 Å². The van der Waals surface area contributed by atoms with Crippen LogP contribution in [0.25, 0.3) is 11.1 Å². The number of nitrogens with zero attached hydrogens (tertiary/aromatic N) is 3. The van der Waals surface area contributed by atoms with Crippen molar-refractivity contribution < 1.29 is 0 Å². The van der Waals surface area contributed by atoms with Gasteiger partial charge >= 0.3 is 0 Å². The first-order valence-corrected chi connectivity index (χ1v) is 5.83. The first-order chi connectivity index (χ1) is 8.20. The Labute approximate surface area is 102 Å². The van der Waals surface area contributed by atoms with Crippen molar-refractivity contribution in [1.29, 1.82) is 0 Å². The number of hydrogen-bond donors (Lipinski definition) is 0. The van der Waals surface area contributed by atoms with E-state index in [1.54, 1.807) is 0 Å². The SMILES string of the molecule is CC/C=N\c1cc(-c2cnn(C)c2)ccc1C. The molecule has 0 aliphatic carbocycles. The largest absolute Gasteiger partial charge is 0.275 e. The molecule has 0 spiro atoms. The number of aryl methyl sites for hydroxylation is 2. The minimum atomic E-state index is 0.955. The van der Waals surface area contributed by atoms with E-state index in [4.69, 9.17) is 0 Å². The lowest BCUT2D eigenvalue weighted by Crippen LogP contribution is -1.84. The van der Waals surface area contributed by atoms with Gasteiger partial charge in [0.25, 0.3) is 0 Å². The van der Waals surface area contributed by atoms with Crippen LogP contribution in [0.3, 0.4) is 0 Å². The second kappa shape index (κ2) is 4.95. The first kappa shape index (κ1) is 11.6. The monoisotopic (exact) mass is 227 g/mol. The van der Waals surface area contributed by atoms with Crippen LogP contribution < -0.4 is 0 Å². The molecule has 88 valence electrons. The van der Waals surface area contributed by atoms with Gasteiger partial charge in [0, 0.05) is 25.0 Å². The number of benzene rings is 1. The van der Waals surface area contributed by atoms with Crippen molar-refractivity contribution in [2.45, 2.75) is 20.3 Å². The molecule has 2 rings (SSSR count). The van der Waals surface area contributed by atoms with Crippen molar-refractivity contribution in [2.75, 3.05) is 0 Å². The highest BCUT2D eigenvalue weighted by atomic mass is 15.2. The van der Waals surface area contributed by atoms with Crippen LogP contribution in [0.5, 0.6) is 0 Å². The number of aliphatic imine (C=N–C) groups is 1. The molecule has 0 atom stereocenters. The van der Waals surface area contributed by atoms with Crippen molar-refractivity contribution in [3.63, 3.8) is 0 Å². The van der Waals surface area contributed by atoms with Gasteiger partial charge in [-0.15, -0.1) is 0 Å². The van der Waals surface area contributed by atoms with Gasteiger partial charge in [-0.05, 0) is 30.5 Å². The minimum absolute atomic E-state index is 0.955. The third-order valence-electron chi connectivity index (χ3n) is 2.66. The molecule has 0 saturated carbocycles. The molecule has 0 amide bonds. The highest BCUT2D eigenvalue weighted by Gasteiger charge is 2.03. The van der Waals surface area contributed by atoms with Crippen molar-refractivity contribution >= 4 is 11.9 Å². The van der Waals surface area contributed by atoms with E-state index in [0.29, 0.717) is 0 Å². The third-order valence-corrected chi connectivity index (χ3v) is 2.66. The number of rotatable bonds is 3. The summed E-state index contributed by atoms with van der Waals surface area (Å²) in [6.07, 6.45) is 6.78. The molecule has 3 heteroatoms.